The molecule has 0 saturated heterocycles. The SMILES string of the molecule is O=C(NCCSC1CCCC1)c1ccc(=O)[nH]n1. The highest BCUT2D eigenvalue weighted by atomic mass is 32.2. The van der Waals surface area contributed by atoms with E-state index in [0.29, 0.717) is 6.54 Å². The zero-order chi connectivity index (χ0) is 12.8. The zero-order valence-corrected chi connectivity index (χ0v) is 11.0. The van der Waals surface area contributed by atoms with Crippen LogP contribution in [-0.4, -0.2) is 33.7 Å². The number of hydrogen-bond donors (Lipinski definition) is 2. The van der Waals surface area contributed by atoms with Crippen molar-refractivity contribution in [1.82, 2.24) is 15.5 Å². The molecule has 5 nitrogen and oxygen atoms in total. The highest BCUT2D eigenvalue weighted by molar-refractivity contribution is 7.99. The molecule has 2 N–H and O–H groups in total. The number of carbonyl (C=O) groups is 1. The molecule has 6 heteroatoms. The molecule has 98 valence electrons. The van der Waals surface area contributed by atoms with Gasteiger partial charge in [-0.2, -0.15) is 16.9 Å². The van der Waals surface area contributed by atoms with E-state index in [2.05, 4.69) is 15.5 Å². The third-order valence-electron chi connectivity index (χ3n) is 2.96. The Morgan fingerprint density at radius 2 is 2.22 bits per heavy atom. The molecule has 1 aliphatic carbocycles. The van der Waals surface area contributed by atoms with Gasteiger partial charge in [0.05, 0.1) is 0 Å². The summed E-state index contributed by atoms with van der Waals surface area (Å²) in [6.07, 6.45) is 5.29. The van der Waals surface area contributed by atoms with Crippen LogP contribution in [0.3, 0.4) is 0 Å². The van der Waals surface area contributed by atoms with Crippen LogP contribution in [0, 0.1) is 0 Å². The fourth-order valence-corrected chi connectivity index (χ4v) is 3.23. The molecule has 2 rings (SSSR count). The fraction of sp³-hybridized carbons (Fsp3) is 0.583. The summed E-state index contributed by atoms with van der Waals surface area (Å²) in [6, 6.07) is 2.73. The maximum absolute atomic E-state index is 11.6. The number of nitrogens with one attached hydrogen (secondary N) is 2. The van der Waals surface area contributed by atoms with Crippen molar-refractivity contribution in [1.29, 1.82) is 0 Å². The molecule has 1 aromatic rings. The maximum Gasteiger partial charge on any atom is 0.271 e. The van der Waals surface area contributed by atoms with Crippen molar-refractivity contribution in [3.8, 4) is 0 Å². The number of aromatic amines is 1. The molecule has 1 saturated carbocycles. The summed E-state index contributed by atoms with van der Waals surface area (Å²) in [4.78, 5) is 22.4. The van der Waals surface area contributed by atoms with Crippen molar-refractivity contribution in [2.75, 3.05) is 12.3 Å². The molecular weight excluding hydrogens is 250 g/mol. The van der Waals surface area contributed by atoms with E-state index in [0.717, 1.165) is 11.0 Å². The third kappa shape index (κ3) is 3.87. The Kier molecular flexibility index (Phi) is 4.81. The molecule has 1 heterocycles. The van der Waals surface area contributed by atoms with Crippen molar-refractivity contribution in [2.45, 2.75) is 30.9 Å². The van der Waals surface area contributed by atoms with E-state index < -0.39 is 0 Å². The first kappa shape index (κ1) is 13.1. The third-order valence-corrected chi connectivity index (χ3v) is 4.34. The number of amides is 1. The molecule has 0 aromatic carbocycles. The molecule has 1 amide bonds. The molecule has 1 aromatic heterocycles. The van der Waals surface area contributed by atoms with Gasteiger partial charge in [-0.1, -0.05) is 12.8 Å². The van der Waals surface area contributed by atoms with Crippen molar-refractivity contribution in [3.05, 3.63) is 28.2 Å². The minimum atomic E-state index is -0.302. The average molecular weight is 267 g/mol. The van der Waals surface area contributed by atoms with Gasteiger partial charge in [-0.15, -0.1) is 0 Å². The van der Waals surface area contributed by atoms with Crippen LogP contribution >= 0.6 is 11.8 Å². The predicted octanol–water partition coefficient (Wildman–Crippen LogP) is 1.18. The van der Waals surface area contributed by atoms with E-state index in [1.807, 2.05) is 11.8 Å². The lowest BCUT2D eigenvalue weighted by Crippen LogP contribution is -2.28. The van der Waals surface area contributed by atoms with Gasteiger partial charge in [0.2, 0.25) is 0 Å². The van der Waals surface area contributed by atoms with Gasteiger partial charge >= 0.3 is 0 Å². The Labute approximate surface area is 110 Å². The zero-order valence-electron chi connectivity index (χ0n) is 10.1. The van der Waals surface area contributed by atoms with E-state index >= 15 is 0 Å². The van der Waals surface area contributed by atoms with Gasteiger partial charge in [0.15, 0.2) is 0 Å². The lowest BCUT2D eigenvalue weighted by atomic mass is 10.4. The molecule has 0 aliphatic heterocycles. The summed E-state index contributed by atoms with van der Waals surface area (Å²) in [7, 11) is 0. The lowest BCUT2D eigenvalue weighted by molar-refractivity contribution is 0.0950. The molecule has 1 aliphatic rings. The van der Waals surface area contributed by atoms with Crippen LogP contribution in [0.1, 0.15) is 36.2 Å². The van der Waals surface area contributed by atoms with Crippen LogP contribution in [0.15, 0.2) is 16.9 Å². The van der Waals surface area contributed by atoms with Crippen molar-refractivity contribution in [3.63, 3.8) is 0 Å². The molecule has 0 atom stereocenters. The first-order valence-corrected chi connectivity index (χ1v) is 7.26. The fourth-order valence-electron chi connectivity index (χ4n) is 2.01. The number of carbonyl (C=O) groups excluding carboxylic acids is 1. The average Bonchev–Trinajstić information content (AvgIpc) is 2.88. The number of rotatable bonds is 5. The number of hydrogen-bond acceptors (Lipinski definition) is 4. The second-order valence-electron chi connectivity index (χ2n) is 4.34. The summed E-state index contributed by atoms with van der Waals surface area (Å²) in [6.45, 7) is 0.640. The van der Waals surface area contributed by atoms with E-state index in [1.165, 1.54) is 37.8 Å². The largest absolute Gasteiger partial charge is 0.350 e. The van der Waals surface area contributed by atoms with Gasteiger partial charge in [0.25, 0.3) is 11.5 Å². The van der Waals surface area contributed by atoms with Crippen LogP contribution in [-0.2, 0) is 0 Å². The van der Waals surface area contributed by atoms with E-state index in [-0.39, 0.29) is 17.2 Å². The molecule has 0 spiro atoms. The molecular formula is C12H17N3O2S. The number of H-pyrrole nitrogens is 1. The molecule has 18 heavy (non-hydrogen) atoms. The van der Waals surface area contributed by atoms with Crippen LogP contribution in [0.4, 0.5) is 0 Å². The second-order valence-corrected chi connectivity index (χ2v) is 5.75. The minimum Gasteiger partial charge on any atom is -0.350 e. The number of thioether (sulfide) groups is 1. The highest BCUT2D eigenvalue weighted by Crippen LogP contribution is 2.28. The minimum absolute atomic E-state index is 0.238. The normalized spacial score (nSPS) is 15.8. The predicted molar refractivity (Wildman–Crippen MR) is 71.9 cm³/mol. The van der Waals surface area contributed by atoms with Gasteiger partial charge < -0.3 is 5.32 Å². The number of aromatic nitrogens is 2. The topological polar surface area (TPSA) is 74.8 Å². The molecule has 0 radical (unpaired) electrons. The summed E-state index contributed by atoms with van der Waals surface area (Å²) in [5, 5.41) is 9.49. The maximum atomic E-state index is 11.6. The summed E-state index contributed by atoms with van der Waals surface area (Å²) in [5.41, 5.74) is -0.0520. The Bertz CT molecular complexity index is 434. The van der Waals surface area contributed by atoms with Gasteiger partial charge in [-0.05, 0) is 18.9 Å². The Morgan fingerprint density at radius 3 is 2.89 bits per heavy atom. The monoisotopic (exact) mass is 267 g/mol. The Balaban J connectivity index is 1.68. The van der Waals surface area contributed by atoms with Crippen LogP contribution in [0.25, 0.3) is 0 Å². The van der Waals surface area contributed by atoms with E-state index in [1.54, 1.807) is 0 Å². The van der Waals surface area contributed by atoms with Gasteiger partial charge in [-0.25, -0.2) is 5.10 Å². The summed E-state index contributed by atoms with van der Waals surface area (Å²) >= 11 is 1.93. The van der Waals surface area contributed by atoms with Gasteiger partial charge in [-0.3, -0.25) is 9.59 Å². The first-order chi connectivity index (χ1) is 8.75. The smallest absolute Gasteiger partial charge is 0.271 e. The standard InChI is InChI=1S/C12H17N3O2S/c16-11-6-5-10(14-15-11)12(17)13-7-8-18-9-3-1-2-4-9/h5-6,9H,1-4,7-8H2,(H,13,17)(H,15,16). The molecule has 0 unspecified atom stereocenters. The van der Waals surface area contributed by atoms with E-state index in [4.69, 9.17) is 0 Å². The van der Waals surface area contributed by atoms with Crippen molar-refractivity contribution < 1.29 is 4.79 Å². The van der Waals surface area contributed by atoms with Crippen molar-refractivity contribution in [2.24, 2.45) is 0 Å². The molecule has 0 bridgehead atoms. The number of nitrogens with zero attached hydrogens (tertiary/aromatic N) is 1. The quantitative estimate of drug-likeness (QED) is 0.785. The first-order valence-electron chi connectivity index (χ1n) is 6.21. The van der Waals surface area contributed by atoms with Gasteiger partial charge in [0, 0.05) is 23.6 Å². The summed E-state index contributed by atoms with van der Waals surface area (Å²) < 4.78 is 0. The lowest BCUT2D eigenvalue weighted by Gasteiger charge is -2.08. The Hall–Kier alpha value is -1.30. The van der Waals surface area contributed by atoms with Crippen LogP contribution in [0.5, 0.6) is 0 Å². The summed E-state index contributed by atoms with van der Waals surface area (Å²) in [5.74, 6) is 0.693. The van der Waals surface area contributed by atoms with Crippen molar-refractivity contribution >= 4 is 17.7 Å². The Morgan fingerprint density at radius 1 is 1.44 bits per heavy atom. The highest BCUT2D eigenvalue weighted by Gasteiger charge is 2.15. The van der Waals surface area contributed by atoms with E-state index in [9.17, 15) is 9.59 Å². The van der Waals surface area contributed by atoms with Gasteiger partial charge in [0.1, 0.15) is 5.69 Å². The van der Waals surface area contributed by atoms with Crippen LogP contribution in [0.2, 0.25) is 0 Å². The second kappa shape index (κ2) is 6.58. The molecule has 1 fully saturated rings. The van der Waals surface area contributed by atoms with Crippen LogP contribution < -0.4 is 10.9 Å².